The highest BCUT2D eigenvalue weighted by Gasteiger charge is 1.95. The van der Waals surface area contributed by atoms with E-state index in [0.29, 0.717) is 5.02 Å². The molecule has 0 spiro atoms. The third kappa shape index (κ3) is 2.61. The van der Waals surface area contributed by atoms with Gasteiger partial charge < -0.3 is 0 Å². The molecule has 0 unspecified atom stereocenters. The van der Waals surface area contributed by atoms with Gasteiger partial charge in [0.2, 0.25) is 0 Å². The number of hydrogen-bond acceptors (Lipinski definition) is 1. The zero-order valence-corrected chi connectivity index (χ0v) is 9.06. The highest BCUT2D eigenvalue weighted by Crippen LogP contribution is 2.13. The summed E-state index contributed by atoms with van der Waals surface area (Å²) < 4.78 is 0. The first-order valence-electron chi connectivity index (χ1n) is 3.58. The van der Waals surface area contributed by atoms with Crippen molar-refractivity contribution in [3.05, 3.63) is 34.6 Å². The number of alkyl halides is 1. The fourth-order valence-electron chi connectivity index (χ4n) is 0.882. The van der Waals surface area contributed by atoms with Crippen LogP contribution in [0.5, 0.6) is 0 Å². The Morgan fingerprint density at radius 3 is 3.00 bits per heavy atom. The van der Waals surface area contributed by atoms with Crippen LogP contribution in [0.15, 0.2) is 18.3 Å². The number of aryl methyl sites for hydroxylation is 1. The quantitative estimate of drug-likeness (QED) is 0.729. The molecule has 1 nitrogen and oxygen atoms in total. The highest BCUT2D eigenvalue weighted by molar-refractivity contribution is 9.09. The number of nitrogens with zero attached hydrogens (tertiary/aromatic N) is 1. The Kier molecular flexibility index (Phi) is 3.76. The summed E-state index contributed by atoms with van der Waals surface area (Å²) >= 11 is 9.06. The van der Waals surface area contributed by atoms with Crippen LogP contribution in [0.1, 0.15) is 11.3 Å². The summed E-state index contributed by atoms with van der Waals surface area (Å²) in [5, 5.41) is 1.53. The average molecular weight is 247 g/mol. The second-order valence-electron chi connectivity index (χ2n) is 2.41. The largest absolute Gasteiger partial charge is 0.255 e. The first-order chi connectivity index (χ1) is 5.74. The van der Waals surface area contributed by atoms with E-state index in [2.05, 4.69) is 20.9 Å². The van der Waals surface area contributed by atoms with Gasteiger partial charge in [-0.2, -0.15) is 0 Å². The van der Waals surface area contributed by atoms with Crippen LogP contribution in [-0.4, -0.2) is 10.3 Å². The Bertz CT molecular complexity index is 297. The zero-order valence-electron chi connectivity index (χ0n) is 6.72. The van der Waals surface area contributed by atoms with Crippen molar-refractivity contribution in [2.75, 3.05) is 5.33 Å². The topological polar surface area (TPSA) is 12.9 Å². The van der Waals surface area contributed by atoms with Crippen LogP contribution in [0.2, 0.25) is 5.02 Å². The molecule has 0 bridgehead atoms. The molecule has 0 amide bonds. The minimum atomic E-state index is 0.684. The summed E-state index contributed by atoms with van der Waals surface area (Å²) in [5.41, 5.74) is 2.07. The van der Waals surface area contributed by atoms with Gasteiger partial charge in [-0.15, -0.1) is 0 Å². The molecule has 0 fully saturated rings. The van der Waals surface area contributed by atoms with Gasteiger partial charge in [0.05, 0.1) is 10.7 Å². The van der Waals surface area contributed by atoms with Gasteiger partial charge >= 0.3 is 0 Å². The summed E-state index contributed by atoms with van der Waals surface area (Å²) in [7, 11) is 0. The van der Waals surface area contributed by atoms with Crippen molar-refractivity contribution in [3.63, 3.8) is 0 Å². The number of halogens is 2. The lowest BCUT2D eigenvalue weighted by molar-refractivity contribution is 1.24. The Hall–Kier alpha value is -0.340. The maximum atomic E-state index is 5.76. The van der Waals surface area contributed by atoms with E-state index in [9.17, 15) is 0 Å². The third-order valence-corrected chi connectivity index (χ3v) is 2.03. The Morgan fingerprint density at radius 2 is 2.42 bits per heavy atom. The zero-order chi connectivity index (χ0) is 8.97. The van der Waals surface area contributed by atoms with E-state index < -0.39 is 0 Å². The summed E-state index contributed by atoms with van der Waals surface area (Å²) in [5.74, 6) is 0. The monoisotopic (exact) mass is 245 g/mol. The standard InChI is InChI=1S/C9H9BrClN/c1-7-5-8(11)6-12-9(7)3-2-4-10/h2-3,5-6H,4H2,1H3. The Labute approximate surface area is 85.6 Å². The molecule has 1 aromatic heterocycles. The first-order valence-corrected chi connectivity index (χ1v) is 5.08. The van der Waals surface area contributed by atoms with Gasteiger partial charge in [-0.25, -0.2) is 0 Å². The molecule has 0 aliphatic heterocycles. The molecule has 3 heteroatoms. The predicted octanol–water partition coefficient (Wildman–Crippen LogP) is 3.45. The number of allylic oxidation sites excluding steroid dienone is 1. The Balaban J connectivity index is 2.94. The molecular formula is C9H9BrClN. The second-order valence-corrected chi connectivity index (χ2v) is 3.50. The minimum absolute atomic E-state index is 0.684. The molecule has 0 aliphatic carbocycles. The molecule has 12 heavy (non-hydrogen) atoms. The number of rotatable bonds is 2. The molecule has 64 valence electrons. The second kappa shape index (κ2) is 4.63. The molecule has 0 aromatic carbocycles. The van der Waals surface area contributed by atoms with E-state index in [1.54, 1.807) is 6.20 Å². The van der Waals surface area contributed by atoms with Gasteiger partial charge in [0.1, 0.15) is 0 Å². The summed E-state index contributed by atoms with van der Waals surface area (Å²) in [6.45, 7) is 1.99. The van der Waals surface area contributed by atoms with Crippen molar-refractivity contribution in [1.82, 2.24) is 4.98 Å². The van der Waals surface area contributed by atoms with Gasteiger partial charge in [0.15, 0.2) is 0 Å². The van der Waals surface area contributed by atoms with E-state index in [1.165, 1.54) is 0 Å². The highest BCUT2D eigenvalue weighted by atomic mass is 79.9. The van der Waals surface area contributed by atoms with Crippen molar-refractivity contribution < 1.29 is 0 Å². The maximum absolute atomic E-state index is 5.76. The fraction of sp³-hybridized carbons (Fsp3) is 0.222. The van der Waals surface area contributed by atoms with Crippen LogP contribution in [0.25, 0.3) is 6.08 Å². The molecule has 0 saturated carbocycles. The SMILES string of the molecule is Cc1cc(Cl)cnc1C=CCBr. The molecule has 0 N–H and O–H groups in total. The van der Waals surface area contributed by atoms with E-state index in [-0.39, 0.29) is 0 Å². The van der Waals surface area contributed by atoms with E-state index in [4.69, 9.17) is 11.6 Å². The lowest BCUT2D eigenvalue weighted by Crippen LogP contribution is -1.85. The van der Waals surface area contributed by atoms with Crippen LogP contribution in [0.4, 0.5) is 0 Å². The normalized spacial score (nSPS) is 10.9. The summed E-state index contributed by atoms with van der Waals surface area (Å²) in [6.07, 6.45) is 5.63. The summed E-state index contributed by atoms with van der Waals surface area (Å²) in [6, 6.07) is 1.91. The van der Waals surface area contributed by atoms with Crippen LogP contribution < -0.4 is 0 Å². The molecule has 0 atom stereocenters. The van der Waals surface area contributed by atoms with E-state index in [0.717, 1.165) is 16.6 Å². The average Bonchev–Trinajstić information content (AvgIpc) is 2.03. The molecule has 1 heterocycles. The Morgan fingerprint density at radius 1 is 1.67 bits per heavy atom. The van der Waals surface area contributed by atoms with Crippen molar-refractivity contribution in [2.24, 2.45) is 0 Å². The van der Waals surface area contributed by atoms with Crippen molar-refractivity contribution >= 4 is 33.6 Å². The van der Waals surface area contributed by atoms with Crippen LogP contribution in [0.3, 0.4) is 0 Å². The van der Waals surface area contributed by atoms with Crippen LogP contribution in [0, 0.1) is 6.92 Å². The van der Waals surface area contributed by atoms with Crippen LogP contribution >= 0.6 is 27.5 Å². The number of pyridine rings is 1. The van der Waals surface area contributed by atoms with Crippen molar-refractivity contribution in [3.8, 4) is 0 Å². The summed E-state index contributed by atoms with van der Waals surface area (Å²) in [4.78, 5) is 4.18. The minimum Gasteiger partial charge on any atom is -0.255 e. The van der Waals surface area contributed by atoms with Crippen molar-refractivity contribution in [1.29, 1.82) is 0 Å². The fourth-order valence-corrected chi connectivity index (χ4v) is 1.28. The molecule has 1 rings (SSSR count). The predicted molar refractivity (Wildman–Crippen MR) is 56.8 cm³/mol. The molecule has 0 saturated heterocycles. The van der Waals surface area contributed by atoms with Gasteiger partial charge in [-0.3, -0.25) is 4.98 Å². The number of aromatic nitrogens is 1. The first kappa shape index (κ1) is 9.75. The molecule has 0 aliphatic rings. The van der Waals surface area contributed by atoms with Gasteiger partial charge in [-0.05, 0) is 24.6 Å². The van der Waals surface area contributed by atoms with Gasteiger partial charge in [-0.1, -0.05) is 33.6 Å². The number of hydrogen-bond donors (Lipinski definition) is 0. The van der Waals surface area contributed by atoms with Gasteiger partial charge in [0, 0.05) is 11.5 Å². The third-order valence-electron chi connectivity index (χ3n) is 1.45. The van der Waals surface area contributed by atoms with Crippen LogP contribution in [-0.2, 0) is 0 Å². The maximum Gasteiger partial charge on any atom is 0.0657 e. The van der Waals surface area contributed by atoms with Gasteiger partial charge in [0.25, 0.3) is 0 Å². The molecule has 1 aromatic rings. The van der Waals surface area contributed by atoms with E-state index in [1.807, 2.05) is 25.1 Å². The lowest BCUT2D eigenvalue weighted by Gasteiger charge is -1.98. The molecular weight excluding hydrogens is 237 g/mol. The lowest BCUT2D eigenvalue weighted by atomic mass is 10.2. The molecule has 0 radical (unpaired) electrons. The van der Waals surface area contributed by atoms with E-state index >= 15 is 0 Å². The van der Waals surface area contributed by atoms with Crippen molar-refractivity contribution in [2.45, 2.75) is 6.92 Å². The smallest absolute Gasteiger partial charge is 0.0657 e.